The summed E-state index contributed by atoms with van der Waals surface area (Å²) >= 11 is 0. The van der Waals surface area contributed by atoms with Gasteiger partial charge in [0.25, 0.3) is 0 Å². The van der Waals surface area contributed by atoms with Crippen LogP contribution in [0.5, 0.6) is 0 Å². The molecule has 2 heteroatoms. The van der Waals surface area contributed by atoms with Crippen molar-refractivity contribution in [3.63, 3.8) is 0 Å². The zero-order valence-corrected chi connectivity index (χ0v) is 19.7. The SMILES string of the molecule is c1ccc2cc(-c3ccc(Nc4ccc(-n5c6ccccc6c6ccccc65)cc4)cc3)ccc2c1. The van der Waals surface area contributed by atoms with E-state index in [0.29, 0.717) is 0 Å². The zero-order valence-electron chi connectivity index (χ0n) is 19.7. The minimum atomic E-state index is 1.07. The summed E-state index contributed by atoms with van der Waals surface area (Å²) in [4.78, 5) is 0. The van der Waals surface area contributed by atoms with Gasteiger partial charge in [0.05, 0.1) is 11.0 Å². The van der Waals surface area contributed by atoms with Crippen LogP contribution in [-0.4, -0.2) is 4.57 Å². The third kappa shape index (κ3) is 3.52. The zero-order chi connectivity index (χ0) is 23.9. The highest BCUT2D eigenvalue weighted by atomic mass is 15.0. The van der Waals surface area contributed by atoms with Gasteiger partial charge in [-0.25, -0.2) is 0 Å². The Hall–Kier alpha value is -4.82. The Labute approximate surface area is 210 Å². The van der Waals surface area contributed by atoms with E-state index in [1.807, 2.05) is 0 Å². The molecule has 7 aromatic rings. The molecule has 0 atom stereocenters. The molecule has 0 bridgehead atoms. The number of fused-ring (bicyclic) bond motifs is 4. The van der Waals surface area contributed by atoms with Crippen LogP contribution in [0.15, 0.2) is 140 Å². The Bertz CT molecular complexity index is 1790. The van der Waals surface area contributed by atoms with Crippen molar-refractivity contribution >= 4 is 44.0 Å². The quantitative estimate of drug-likeness (QED) is 0.277. The van der Waals surface area contributed by atoms with E-state index < -0.39 is 0 Å². The number of nitrogens with zero attached hydrogens (tertiary/aromatic N) is 1. The molecule has 2 nitrogen and oxygen atoms in total. The van der Waals surface area contributed by atoms with E-state index in [-0.39, 0.29) is 0 Å². The smallest absolute Gasteiger partial charge is 0.0541 e. The van der Waals surface area contributed by atoms with E-state index in [1.54, 1.807) is 0 Å². The fourth-order valence-corrected chi connectivity index (χ4v) is 5.18. The standard InChI is InChI=1S/C34H24N2/c1-2-8-26-23-27(14-13-24(26)7-1)25-15-17-28(18-16-25)35-29-19-21-30(22-20-29)36-33-11-5-3-9-31(33)32-10-4-6-12-34(32)36/h1-23,35H. The number of benzene rings is 6. The highest BCUT2D eigenvalue weighted by Gasteiger charge is 2.11. The molecular formula is C34H24N2. The van der Waals surface area contributed by atoms with Crippen LogP contribution in [-0.2, 0) is 0 Å². The van der Waals surface area contributed by atoms with Crippen molar-refractivity contribution in [3.05, 3.63) is 140 Å². The van der Waals surface area contributed by atoms with E-state index in [4.69, 9.17) is 0 Å². The van der Waals surface area contributed by atoms with E-state index in [2.05, 4.69) is 149 Å². The second-order valence-electron chi connectivity index (χ2n) is 9.18. The predicted octanol–water partition coefficient (Wildman–Crippen LogP) is 9.35. The average Bonchev–Trinajstić information content (AvgIpc) is 3.28. The van der Waals surface area contributed by atoms with Crippen LogP contribution >= 0.6 is 0 Å². The van der Waals surface area contributed by atoms with Gasteiger partial charge in [0.1, 0.15) is 0 Å². The lowest BCUT2D eigenvalue weighted by molar-refractivity contribution is 1.18. The Morgan fingerprint density at radius 3 is 1.61 bits per heavy atom. The summed E-state index contributed by atoms with van der Waals surface area (Å²) in [6.45, 7) is 0. The Balaban J connectivity index is 1.16. The number of rotatable bonds is 4. The van der Waals surface area contributed by atoms with E-state index in [1.165, 1.54) is 43.7 Å². The molecule has 0 aliphatic rings. The van der Waals surface area contributed by atoms with E-state index in [9.17, 15) is 0 Å². The molecule has 0 aliphatic carbocycles. The third-order valence-corrected chi connectivity index (χ3v) is 6.96. The second kappa shape index (κ2) is 8.44. The van der Waals surface area contributed by atoms with Gasteiger partial charge in [-0.05, 0) is 76.5 Å². The number of nitrogens with one attached hydrogen (secondary N) is 1. The molecule has 0 saturated carbocycles. The molecular weight excluding hydrogens is 436 g/mol. The lowest BCUT2D eigenvalue weighted by Crippen LogP contribution is -1.95. The van der Waals surface area contributed by atoms with Gasteiger partial charge < -0.3 is 9.88 Å². The molecule has 0 saturated heterocycles. The molecule has 0 spiro atoms. The number of hydrogen-bond acceptors (Lipinski definition) is 1. The first-order chi connectivity index (χ1) is 17.8. The fraction of sp³-hybridized carbons (Fsp3) is 0. The fourth-order valence-electron chi connectivity index (χ4n) is 5.18. The maximum atomic E-state index is 3.55. The van der Waals surface area contributed by atoms with Crippen LogP contribution in [0.1, 0.15) is 0 Å². The monoisotopic (exact) mass is 460 g/mol. The summed E-state index contributed by atoms with van der Waals surface area (Å²) in [7, 11) is 0. The van der Waals surface area contributed by atoms with Crippen LogP contribution in [0.2, 0.25) is 0 Å². The van der Waals surface area contributed by atoms with E-state index in [0.717, 1.165) is 17.1 Å². The van der Waals surface area contributed by atoms with E-state index >= 15 is 0 Å². The van der Waals surface area contributed by atoms with Crippen molar-refractivity contribution < 1.29 is 0 Å². The lowest BCUT2D eigenvalue weighted by atomic mass is 10.0. The van der Waals surface area contributed by atoms with Crippen LogP contribution in [0.3, 0.4) is 0 Å². The predicted molar refractivity (Wildman–Crippen MR) is 153 cm³/mol. The van der Waals surface area contributed by atoms with Crippen molar-refractivity contribution in [1.29, 1.82) is 0 Å². The Kier molecular flexibility index (Phi) is 4.82. The van der Waals surface area contributed by atoms with Crippen LogP contribution in [0.25, 0.3) is 49.4 Å². The molecule has 0 radical (unpaired) electrons. The van der Waals surface area contributed by atoms with Gasteiger partial charge in [-0.3, -0.25) is 0 Å². The van der Waals surface area contributed by atoms with Gasteiger partial charge in [0.2, 0.25) is 0 Å². The van der Waals surface area contributed by atoms with Gasteiger partial charge in [-0.2, -0.15) is 0 Å². The summed E-state index contributed by atoms with van der Waals surface area (Å²) in [5.41, 5.74) is 8.20. The van der Waals surface area contributed by atoms with Crippen LogP contribution in [0, 0.1) is 0 Å². The number of para-hydroxylation sites is 2. The molecule has 1 aromatic heterocycles. The highest BCUT2D eigenvalue weighted by molar-refractivity contribution is 6.09. The van der Waals surface area contributed by atoms with Gasteiger partial charge >= 0.3 is 0 Å². The van der Waals surface area contributed by atoms with Crippen molar-refractivity contribution in [2.45, 2.75) is 0 Å². The average molecular weight is 461 g/mol. The summed E-state index contributed by atoms with van der Waals surface area (Å²) in [5.74, 6) is 0. The number of hydrogen-bond donors (Lipinski definition) is 1. The maximum Gasteiger partial charge on any atom is 0.0541 e. The normalized spacial score (nSPS) is 11.3. The summed E-state index contributed by atoms with van der Waals surface area (Å²) < 4.78 is 2.34. The molecule has 0 amide bonds. The molecule has 0 unspecified atom stereocenters. The van der Waals surface area contributed by atoms with Gasteiger partial charge in [0, 0.05) is 27.8 Å². The van der Waals surface area contributed by atoms with Crippen LogP contribution in [0.4, 0.5) is 11.4 Å². The first kappa shape index (κ1) is 20.5. The first-order valence-corrected chi connectivity index (χ1v) is 12.3. The Morgan fingerprint density at radius 2 is 0.944 bits per heavy atom. The summed E-state index contributed by atoms with van der Waals surface area (Å²) in [5, 5.41) is 8.64. The van der Waals surface area contributed by atoms with Crippen molar-refractivity contribution in [2.75, 3.05) is 5.32 Å². The largest absolute Gasteiger partial charge is 0.356 e. The Morgan fingerprint density at radius 1 is 0.417 bits per heavy atom. The van der Waals surface area contributed by atoms with Gasteiger partial charge in [-0.1, -0.05) is 84.9 Å². The minimum Gasteiger partial charge on any atom is -0.356 e. The topological polar surface area (TPSA) is 17.0 Å². The number of aromatic nitrogens is 1. The highest BCUT2D eigenvalue weighted by Crippen LogP contribution is 2.32. The number of anilines is 2. The molecule has 1 N–H and O–H groups in total. The molecule has 0 fully saturated rings. The molecule has 0 aliphatic heterocycles. The molecule has 7 rings (SSSR count). The van der Waals surface area contributed by atoms with Crippen molar-refractivity contribution in [2.24, 2.45) is 0 Å². The van der Waals surface area contributed by atoms with Gasteiger partial charge in [0.15, 0.2) is 0 Å². The minimum absolute atomic E-state index is 1.07. The summed E-state index contributed by atoms with van der Waals surface area (Å²) in [6, 6.07) is 49.7. The van der Waals surface area contributed by atoms with Gasteiger partial charge in [-0.15, -0.1) is 0 Å². The maximum absolute atomic E-state index is 3.55. The summed E-state index contributed by atoms with van der Waals surface area (Å²) in [6.07, 6.45) is 0. The third-order valence-electron chi connectivity index (χ3n) is 6.96. The van der Waals surface area contributed by atoms with Crippen LogP contribution < -0.4 is 5.32 Å². The second-order valence-corrected chi connectivity index (χ2v) is 9.18. The lowest BCUT2D eigenvalue weighted by Gasteiger charge is -2.11. The molecule has 170 valence electrons. The van der Waals surface area contributed by atoms with Crippen molar-refractivity contribution in [1.82, 2.24) is 4.57 Å². The first-order valence-electron chi connectivity index (χ1n) is 12.3. The molecule has 36 heavy (non-hydrogen) atoms. The molecule has 6 aromatic carbocycles. The molecule has 1 heterocycles. The van der Waals surface area contributed by atoms with Crippen molar-refractivity contribution in [3.8, 4) is 16.8 Å².